The average molecular weight is 258 g/mol. The Hall–Kier alpha value is -1.66. The number of rotatable bonds is 3. The maximum absolute atomic E-state index is 13.9. The largest absolute Gasteiger partial charge is 0.495 e. The van der Waals surface area contributed by atoms with Crippen molar-refractivity contribution in [3.8, 4) is 17.1 Å². The molecule has 5 nitrogen and oxygen atoms in total. The molecule has 17 heavy (non-hydrogen) atoms. The van der Waals surface area contributed by atoms with E-state index in [1.807, 2.05) is 0 Å². The lowest BCUT2D eigenvalue weighted by Crippen LogP contribution is -1.96. The molecule has 0 spiro atoms. The van der Waals surface area contributed by atoms with Crippen molar-refractivity contribution in [2.24, 2.45) is 5.73 Å². The van der Waals surface area contributed by atoms with Gasteiger partial charge in [-0.25, -0.2) is 4.39 Å². The lowest BCUT2D eigenvalue weighted by Gasteiger charge is -2.05. The zero-order chi connectivity index (χ0) is 12.4. The van der Waals surface area contributed by atoms with Crippen molar-refractivity contribution >= 4 is 11.6 Å². The van der Waals surface area contributed by atoms with Gasteiger partial charge in [0.05, 0.1) is 19.2 Å². The molecule has 90 valence electrons. The van der Waals surface area contributed by atoms with Crippen LogP contribution < -0.4 is 10.5 Å². The van der Waals surface area contributed by atoms with Crippen LogP contribution in [0.25, 0.3) is 11.4 Å². The van der Waals surface area contributed by atoms with Crippen molar-refractivity contribution in [3.05, 3.63) is 28.9 Å². The molecule has 1 aromatic heterocycles. The molecule has 0 aliphatic rings. The van der Waals surface area contributed by atoms with Crippen molar-refractivity contribution < 1.29 is 13.7 Å². The SMILES string of the molecule is COc1ccc(-c2noc(CN)n2)c(F)c1Cl. The lowest BCUT2D eigenvalue weighted by molar-refractivity contribution is 0.380. The number of hydrogen-bond donors (Lipinski definition) is 1. The van der Waals surface area contributed by atoms with Crippen LogP contribution in [0, 0.1) is 5.82 Å². The van der Waals surface area contributed by atoms with Gasteiger partial charge in [-0.1, -0.05) is 16.8 Å². The summed E-state index contributed by atoms with van der Waals surface area (Å²) in [5.41, 5.74) is 5.46. The number of benzene rings is 1. The van der Waals surface area contributed by atoms with Gasteiger partial charge in [-0.15, -0.1) is 0 Å². The Morgan fingerprint density at radius 1 is 1.53 bits per heavy atom. The third-order valence-electron chi connectivity index (χ3n) is 2.15. The van der Waals surface area contributed by atoms with Gasteiger partial charge in [0.25, 0.3) is 0 Å². The predicted octanol–water partition coefficient (Wildman–Crippen LogP) is 2.00. The molecular formula is C10H9ClFN3O2. The van der Waals surface area contributed by atoms with Crippen LogP contribution >= 0.6 is 11.6 Å². The van der Waals surface area contributed by atoms with Crippen LogP contribution in [0.2, 0.25) is 5.02 Å². The minimum absolute atomic E-state index is 0.0957. The Morgan fingerprint density at radius 2 is 2.29 bits per heavy atom. The van der Waals surface area contributed by atoms with E-state index in [1.165, 1.54) is 19.2 Å². The predicted molar refractivity (Wildman–Crippen MR) is 59.1 cm³/mol. The van der Waals surface area contributed by atoms with Crippen LogP contribution in [0.3, 0.4) is 0 Å². The summed E-state index contributed by atoms with van der Waals surface area (Å²) in [5, 5.41) is 3.49. The van der Waals surface area contributed by atoms with Gasteiger partial charge in [0.2, 0.25) is 11.7 Å². The number of methoxy groups -OCH3 is 1. The van der Waals surface area contributed by atoms with Crippen molar-refractivity contribution in [2.45, 2.75) is 6.54 Å². The molecule has 2 aromatic rings. The van der Waals surface area contributed by atoms with Gasteiger partial charge >= 0.3 is 0 Å². The first-order chi connectivity index (χ1) is 8.17. The maximum atomic E-state index is 13.9. The van der Waals surface area contributed by atoms with Crippen LogP contribution in [-0.2, 0) is 6.54 Å². The summed E-state index contributed by atoms with van der Waals surface area (Å²) < 4.78 is 23.6. The summed E-state index contributed by atoms with van der Waals surface area (Å²) in [5.74, 6) is -0.0790. The molecule has 2 N–H and O–H groups in total. The molecule has 0 amide bonds. The zero-order valence-corrected chi connectivity index (χ0v) is 9.66. The highest BCUT2D eigenvalue weighted by atomic mass is 35.5. The number of hydrogen-bond acceptors (Lipinski definition) is 5. The molecule has 2 rings (SSSR count). The van der Waals surface area contributed by atoms with Crippen molar-refractivity contribution in [1.82, 2.24) is 10.1 Å². The second-order valence-corrected chi connectivity index (χ2v) is 3.54. The van der Waals surface area contributed by atoms with Crippen molar-refractivity contribution in [1.29, 1.82) is 0 Å². The van der Waals surface area contributed by atoms with E-state index in [4.69, 9.17) is 26.6 Å². The Labute approximate surface area is 101 Å². The molecular weight excluding hydrogens is 249 g/mol. The summed E-state index contributed by atoms with van der Waals surface area (Å²) in [6.45, 7) is 0.0957. The van der Waals surface area contributed by atoms with Crippen molar-refractivity contribution in [3.63, 3.8) is 0 Å². The van der Waals surface area contributed by atoms with E-state index in [-0.39, 0.29) is 34.6 Å². The van der Waals surface area contributed by atoms with Gasteiger partial charge in [0.15, 0.2) is 5.82 Å². The average Bonchev–Trinajstić information content (AvgIpc) is 2.81. The zero-order valence-electron chi connectivity index (χ0n) is 8.91. The number of aromatic nitrogens is 2. The summed E-state index contributed by atoms with van der Waals surface area (Å²) >= 11 is 5.78. The minimum atomic E-state index is -0.657. The van der Waals surface area contributed by atoms with Gasteiger partial charge in [0, 0.05) is 0 Å². The standard InChI is InChI=1S/C10H9ClFN3O2/c1-16-6-3-2-5(9(12)8(6)11)10-14-7(4-13)17-15-10/h2-3H,4,13H2,1H3. The lowest BCUT2D eigenvalue weighted by atomic mass is 10.2. The fourth-order valence-electron chi connectivity index (χ4n) is 1.31. The highest BCUT2D eigenvalue weighted by Crippen LogP contribution is 2.33. The third kappa shape index (κ3) is 2.09. The molecule has 0 fully saturated rings. The van der Waals surface area contributed by atoms with Crippen LogP contribution in [0.15, 0.2) is 16.7 Å². The topological polar surface area (TPSA) is 74.2 Å². The van der Waals surface area contributed by atoms with Gasteiger partial charge in [-0.05, 0) is 12.1 Å². The molecule has 1 aromatic carbocycles. The van der Waals surface area contributed by atoms with Crippen molar-refractivity contribution in [2.75, 3.05) is 7.11 Å². The van der Waals surface area contributed by atoms with E-state index in [9.17, 15) is 4.39 Å². The Balaban J connectivity index is 2.49. The highest BCUT2D eigenvalue weighted by Gasteiger charge is 2.17. The van der Waals surface area contributed by atoms with E-state index >= 15 is 0 Å². The Bertz CT molecular complexity index is 544. The normalized spacial score (nSPS) is 10.6. The molecule has 0 unspecified atom stereocenters. The maximum Gasteiger partial charge on any atom is 0.240 e. The van der Waals surface area contributed by atoms with E-state index < -0.39 is 5.82 Å². The van der Waals surface area contributed by atoms with Gasteiger partial charge in [-0.3, -0.25) is 0 Å². The monoisotopic (exact) mass is 257 g/mol. The smallest absolute Gasteiger partial charge is 0.240 e. The van der Waals surface area contributed by atoms with E-state index in [0.29, 0.717) is 0 Å². The Morgan fingerprint density at radius 3 is 2.88 bits per heavy atom. The Kier molecular flexibility index (Phi) is 3.26. The van der Waals surface area contributed by atoms with Crippen LogP contribution in [0.5, 0.6) is 5.75 Å². The highest BCUT2D eigenvalue weighted by molar-refractivity contribution is 6.32. The van der Waals surface area contributed by atoms with Gasteiger partial charge < -0.3 is 15.0 Å². The number of nitrogens with zero attached hydrogens (tertiary/aromatic N) is 2. The summed E-state index contributed by atoms with van der Waals surface area (Å²) in [7, 11) is 1.40. The number of halogens is 2. The quantitative estimate of drug-likeness (QED) is 0.910. The third-order valence-corrected chi connectivity index (χ3v) is 2.50. The molecule has 0 radical (unpaired) electrons. The van der Waals surface area contributed by atoms with E-state index in [1.54, 1.807) is 0 Å². The summed E-state index contributed by atoms with van der Waals surface area (Å²) in [6.07, 6.45) is 0. The van der Waals surface area contributed by atoms with E-state index in [0.717, 1.165) is 0 Å². The van der Waals surface area contributed by atoms with Gasteiger partial charge in [-0.2, -0.15) is 4.98 Å². The van der Waals surface area contributed by atoms with Crippen LogP contribution in [0.4, 0.5) is 4.39 Å². The summed E-state index contributed by atoms with van der Waals surface area (Å²) in [6, 6.07) is 2.99. The molecule has 0 aliphatic carbocycles. The first kappa shape index (κ1) is 11.8. The molecule has 0 saturated heterocycles. The number of ether oxygens (including phenoxy) is 1. The first-order valence-corrected chi connectivity index (χ1v) is 5.10. The second kappa shape index (κ2) is 4.68. The molecule has 0 aliphatic heterocycles. The summed E-state index contributed by atoms with van der Waals surface area (Å²) in [4.78, 5) is 3.91. The molecule has 0 bridgehead atoms. The van der Waals surface area contributed by atoms with Crippen LogP contribution in [-0.4, -0.2) is 17.3 Å². The molecule has 7 heteroatoms. The molecule has 0 saturated carbocycles. The fourth-order valence-corrected chi connectivity index (χ4v) is 1.55. The minimum Gasteiger partial charge on any atom is -0.495 e. The first-order valence-electron chi connectivity index (χ1n) is 4.72. The number of nitrogens with two attached hydrogens (primary N) is 1. The molecule has 0 atom stereocenters. The van der Waals surface area contributed by atoms with Gasteiger partial charge in [0.1, 0.15) is 10.8 Å². The van der Waals surface area contributed by atoms with Crippen LogP contribution in [0.1, 0.15) is 5.89 Å². The fraction of sp³-hybridized carbons (Fsp3) is 0.200. The van der Waals surface area contributed by atoms with E-state index in [2.05, 4.69) is 10.1 Å². The molecule has 1 heterocycles. The second-order valence-electron chi connectivity index (χ2n) is 3.16.